The van der Waals surface area contributed by atoms with Gasteiger partial charge >= 0.3 is 0 Å². The van der Waals surface area contributed by atoms with E-state index >= 15 is 0 Å². The number of fused-ring (bicyclic) bond motifs is 1. The molecule has 0 bridgehead atoms. The van der Waals surface area contributed by atoms with Crippen molar-refractivity contribution in [2.24, 2.45) is 0 Å². The summed E-state index contributed by atoms with van der Waals surface area (Å²) in [4.78, 5) is 4.30. The number of ether oxygens (including phenoxy) is 2. The highest BCUT2D eigenvalue weighted by Gasteiger charge is 2.17. The fraction of sp³-hybridized carbons (Fsp3) is 0.312. The zero-order chi connectivity index (χ0) is 14.7. The summed E-state index contributed by atoms with van der Waals surface area (Å²) in [6.07, 6.45) is 1.16. The molecule has 2 atom stereocenters. The van der Waals surface area contributed by atoms with Gasteiger partial charge in [-0.05, 0) is 36.8 Å². The Morgan fingerprint density at radius 2 is 2.10 bits per heavy atom. The van der Waals surface area contributed by atoms with Crippen LogP contribution in [0.1, 0.15) is 30.3 Å². The van der Waals surface area contributed by atoms with E-state index in [1.54, 1.807) is 6.20 Å². The first kappa shape index (κ1) is 13.9. The molecule has 2 heterocycles. The number of hydrogen-bond acceptors (Lipinski definition) is 5. The average Bonchev–Trinajstić information content (AvgIpc) is 3.00. The van der Waals surface area contributed by atoms with Gasteiger partial charge in [0, 0.05) is 18.8 Å². The molecule has 0 saturated heterocycles. The van der Waals surface area contributed by atoms with Crippen LogP contribution < -0.4 is 14.8 Å². The molecule has 2 N–H and O–H groups in total. The first-order valence-corrected chi connectivity index (χ1v) is 6.96. The lowest BCUT2D eigenvalue weighted by atomic mass is 10.1. The fourth-order valence-electron chi connectivity index (χ4n) is 2.26. The predicted octanol–water partition coefficient (Wildman–Crippen LogP) is 2.19. The summed E-state index contributed by atoms with van der Waals surface area (Å²) in [5.74, 6) is 1.41. The molecule has 110 valence electrons. The summed E-state index contributed by atoms with van der Waals surface area (Å²) in [6, 6.07) is 11.4. The van der Waals surface area contributed by atoms with Crippen molar-refractivity contribution in [3.63, 3.8) is 0 Å². The Hall–Kier alpha value is -2.11. The molecule has 2 aromatic rings. The maximum atomic E-state index is 10.3. The first-order chi connectivity index (χ1) is 10.2. The number of rotatable bonds is 5. The van der Waals surface area contributed by atoms with Crippen molar-refractivity contribution >= 4 is 0 Å². The summed E-state index contributed by atoms with van der Waals surface area (Å²) in [6.45, 7) is 2.70. The molecule has 1 aromatic heterocycles. The standard InChI is InChI=1S/C16H18N2O3/c1-11(13-4-2-3-7-17-13)18-9-14(19)12-5-6-15-16(8-12)21-10-20-15/h2-8,11,14,18-19H,9-10H2,1H3/t11-,14?/m0/s1. The van der Waals surface area contributed by atoms with Crippen LogP contribution in [-0.2, 0) is 0 Å². The van der Waals surface area contributed by atoms with Crippen LogP contribution in [0.2, 0.25) is 0 Å². The van der Waals surface area contributed by atoms with E-state index in [4.69, 9.17) is 9.47 Å². The second kappa shape index (κ2) is 6.11. The molecule has 0 fully saturated rings. The monoisotopic (exact) mass is 286 g/mol. The largest absolute Gasteiger partial charge is 0.454 e. The van der Waals surface area contributed by atoms with Gasteiger partial charge in [-0.25, -0.2) is 0 Å². The van der Waals surface area contributed by atoms with E-state index in [0.717, 1.165) is 17.0 Å². The van der Waals surface area contributed by atoms with Crippen LogP contribution >= 0.6 is 0 Å². The molecule has 3 rings (SSSR count). The van der Waals surface area contributed by atoms with E-state index in [1.807, 2.05) is 43.3 Å². The maximum absolute atomic E-state index is 10.3. The number of hydrogen-bond donors (Lipinski definition) is 2. The highest BCUT2D eigenvalue weighted by molar-refractivity contribution is 5.45. The summed E-state index contributed by atoms with van der Waals surface area (Å²) < 4.78 is 10.6. The molecule has 1 unspecified atom stereocenters. The molecular formula is C16H18N2O3. The quantitative estimate of drug-likeness (QED) is 0.882. The predicted molar refractivity (Wildman–Crippen MR) is 78.2 cm³/mol. The molecular weight excluding hydrogens is 268 g/mol. The number of benzene rings is 1. The van der Waals surface area contributed by atoms with Gasteiger partial charge in [-0.1, -0.05) is 12.1 Å². The highest BCUT2D eigenvalue weighted by Crippen LogP contribution is 2.34. The number of nitrogens with one attached hydrogen (secondary N) is 1. The molecule has 0 spiro atoms. The van der Waals surface area contributed by atoms with Crippen LogP contribution in [0.3, 0.4) is 0 Å². The van der Waals surface area contributed by atoms with E-state index in [1.165, 1.54) is 0 Å². The molecule has 5 heteroatoms. The molecule has 1 aliphatic heterocycles. The van der Waals surface area contributed by atoms with Gasteiger partial charge in [-0.3, -0.25) is 4.98 Å². The fourth-order valence-corrected chi connectivity index (χ4v) is 2.26. The number of aliphatic hydroxyl groups excluding tert-OH is 1. The third kappa shape index (κ3) is 3.15. The summed E-state index contributed by atoms with van der Waals surface area (Å²) >= 11 is 0. The molecule has 5 nitrogen and oxygen atoms in total. The summed E-state index contributed by atoms with van der Waals surface area (Å²) in [5.41, 5.74) is 1.76. The second-order valence-corrected chi connectivity index (χ2v) is 5.01. The Balaban J connectivity index is 1.60. The van der Waals surface area contributed by atoms with E-state index in [2.05, 4.69) is 10.3 Å². The zero-order valence-electron chi connectivity index (χ0n) is 11.8. The molecule has 0 aliphatic carbocycles. The van der Waals surface area contributed by atoms with Gasteiger partial charge in [0.2, 0.25) is 6.79 Å². The van der Waals surface area contributed by atoms with Gasteiger partial charge in [-0.15, -0.1) is 0 Å². The Morgan fingerprint density at radius 1 is 1.24 bits per heavy atom. The van der Waals surface area contributed by atoms with Crippen LogP contribution in [0.4, 0.5) is 0 Å². The lowest BCUT2D eigenvalue weighted by Gasteiger charge is -2.17. The zero-order valence-corrected chi connectivity index (χ0v) is 11.8. The second-order valence-electron chi connectivity index (χ2n) is 5.01. The number of aliphatic hydroxyl groups is 1. The first-order valence-electron chi connectivity index (χ1n) is 6.96. The molecule has 0 amide bonds. The van der Waals surface area contributed by atoms with Gasteiger partial charge in [0.15, 0.2) is 11.5 Å². The molecule has 0 radical (unpaired) electrons. The lowest BCUT2D eigenvalue weighted by Crippen LogP contribution is -2.25. The van der Waals surface area contributed by atoms with E-state index in [0.29, 0.717) is 12.3 Å². The van der Waals surface area contributed by atoms with E-state index in [9.17, 15) is 5.11 Å². The molecule has 1 aliphatic rings. The third-order valence-corrected chi connectivity index (χ3v) is 3.53. The number of nitrogens with zero attached hydrogens (tertiary/aromatic N) is 1. The van der Waals surface area contributed by atoms with E-state index < -0.39 is 6.10 Å². The topological polar surface area (TPSA) is 63.6 Å². The van der Waals surface area contributed by atoms with Crippen LogP contribution in [0.25, 0.3) is 0 Å². The van der Waals surface area contributed by atoms with E-state index in [-0.39, 0.29) is 12.8 Å². The van der Waals surface area contributed by atoms with Crippen molar-refractivity contribution in [2.45, 2.75) is 19.1 Å². The van der Waals surface area contributed by atoms with Crippen LogP contribution in [0.5, 0.6) is 11.5 Å². The minimum absolute atomic E-state index is 0.0786. The average molecular weight is 286 g/mol. The number of aromatic nitrogens is 1. The van der Waals surface area contributed by atoms with Crippen molar-refractivity contribution in [1.29, 1.82) is 0 Å². The highest BCUT2D eigenvalue weighted by atomic mass is 16.7. The van der Waals surface area contributed by atoms with Gasteiger partial charge in [0.25, 0.3) is 0 Å². The Kier molecular flexibility index (Phi) is 4.03. The maximum Gasteiger partial charge on any atom is 0.231 e. The van der Waals surface area contributed by atoms with Gasteiger partial charge in [-0.2, -0.15) is 0 Å². The minimum atomic E-state index is -0.606. The van der Waals surface area contributed by atoms with Crippen LogP contribution in [-0.4, -0.2) is 23.4 Å². The Morgan fingerprint density at radius 3 is 2.90 bits per heavy atom. The molecule has 1 aromatic carbocycles. The van der Waals surface area contributed by atoms with Gasteiger partial charge in [0.05, 0.1) is 11.8 Å². The van der Waals surface area contributed by atoms with Crippen LogP contribution in [0, 0.1) is 0 Å². The lowest BCUT2D eigenvalue weighted by molar-refractivity contribution is 0.168. The Bertz CT molecular complexity index is 604. The minimum Gasteiger partial charge on any atom is -0.454 e. The molecule has 21 heavy (non-hydrogen) atoms. The Labute approximate surface area is 123 Å². The van der Waals surface area contributed by atoms with Crippen molar-refractivity contribution in [1.82, 2.24) is 10.3 Å². The number of pyridine rings is 1. The smallest absolute Gasteiger partial charge is 0.231 e. The SMILES string of the molecule is C[C@H](NCC(O)c1ccc2c(c1)OCO2)c1ccccn1. The normalized spacial score (nSPS) is 15.7. The summed E-state index contributed by atoms with van der Waals surface area (Å²) in [5, 5.41) is 13.5. The molecule has 0 saturated carbocycles. The van der Waals surface area contributed by atoms with Gasteiger partial charge in [0.1, 0.15) is 0 Å². The van der Waals surface area contributed by atoms with Crippen molar-refractivity contribution in [3.05, 3.63) is 53.9 Å². The van der Waals surface area contributed by atoms with Crippen molar-refractivity contribution < 1.29 is 14.6 Å². The van der Waals surface area contributed by atoms with Crippen molar-refractivity contribution in [3.8, 4) is 11.5 Å². The van der Waals surface area contributed by atoms with Crippen molar-refractivity contribution in [2.75, 3.05) is 13.3 Å². The third-order valence-electron chi connectivity index (χ3n) is 3.53. The van der Waals surface area contributed by atoms with Crippen LogP contribution in [0.15, 0.2) is 42.6 Å². The summed E-state index contributed by atoms with van der Waals surface area (Å²) in [7, 11) is 0. The van der Waals surface area contributed by atoms with Gasteiger partial charge < -0.3 is 19.9 Å².